The smallest absolute Gasteiger partial charge is 0.128 e. The molecular formula is C11H15ClN2O. The van der Waals surface area contributed by atoms with Gasteiger partial charge in [0.05, 0.1) is 10.6 Å². The summed E-state index contributed by atoms with van der Waals surface area (Å²) in [6.45, 7) is 3.59. The van der Waals surface area contributed by atoms with Crippen LogP contribution in [0, 0.1) is 0 Å². The van der Waals surface area contributed by atoms with Crippen LogP contribution in [0.4, 0.5) is 5.82 Å². The predicted molar refractivity (Wildman–Crippen MR) is 61.3 cm³/mol. The third-order valence-electron chi connectivity index (χ3n) is 2.88. The first-order valence-corrected chi connectivity index (χ1v) is 5.53. The SMILES string of the molecule is CC1(O)CCN(c2ccc(Cl)cn2)CC1. The summed E-state index contributed by atoms with van der Waals surface area (Å²) in [5, 5.41) is 10.5. The largest absolute Gasteiger partial charge is 0.390 e. The summed E-state index contributed by atoms with van der Waals surface area (Å²) in [6.07, 6.45) is 3.23. The molecule has 0 aromatic carbocycles. The van der Waals surface area contributed by atoms with Crippen molar-refractivity contribution in [3.8, 4) is 0 Å². The summed E-state index contributed by atoms with van der Waals surface area (Å²) in [5.41, 5.74) is -0.511. The van der Waals surface area contributed by atoms with Gasteiger partial charge in [-0.2, -0.15) is 0 Å². The summed E-state index contributed by atoms with van der Waals surface area (Å²) in [5.74, 6) is 0.940. The molecule has 0 spiro atoms. The maximum Gasteiger partial charge on any atom is 0.128 e. The van der Waals surface area contributed by atoms with Crippen molar-refractivity contribution >= 4 is 17.4 Å². The zero-order valence-corrected chi connectivity index (χ0v) is 9.54. The molecule has 0 saturated carbocycles. The van der Waals surface area contributed by atoms with Crippen molar-refractivity contribution in [3.63, 3.8) is 0 Å². The summed E-state index contributed by atoms with van der Waals surface area (Å²) >= 11 is 5.77. The molecule has 2 rings (SSSR count). The lowest BCUT2D eigenvalue weighted by Gasteiger charge is -2.36. The summed E-state index contributed by atoms with van der Waals surface area (Å²) in [7, 11) is 0. The van der Waals surface area contributed by atoms with E-state index >= 15 is 0 Å². The molecule has 0 aliphatic carbocycles. The molecule has 3 nitrogen and oxygen atoms in total. The normalized spacial score (nSPS) is 20.3. The van der Waals surface area contributed by atoms with E-state index in [-0.39, 0.29) is 0 Å². The fourth-order valence-corrected chi connectivity index (χ4v) is 1.88. The number of anilines is 1. The summed E-state index contributed by atoms with van der Waals surface area (Å²) in [6, 6.07) is 3.76. The lowest BCUT2D eigenvalue weighted by atomic mass is 9.94. The summed E-state index contributed by atoms with van der Waals surface area (Å²) in [4.78, 5) is 6.44. The number of aromatic nitrogens is 1. The number of nitrogens with zero attached hydrogens (tertiary/aromatic N) is 2. The maximum absolute atomic E-state index is 9.82. The topological polar surface area (TPSA) is 36.4 Å². The Hall–Kier alpha value is -0.800. The Morgan fingerprint density at radius 3 is 2.60 bits per heavy atom. The van der Waals surface area contributed by atoms with Gasteiger partial charge in [-0.15, -0.1) is 0 Å². The lowest BCUT2D eigenvalue weighted by Crippen LogP contribution is -2.42. The minimum absolute atomic E-state index is 0.511. The van der Waals surface area contributed by atoms with Crippen LogP contribution >= 0.6 is 11.6 Å². The number of hydrogen-bond donors (Lipinski definition) is 1. The fourth-order valence-electron chi connectivity index (χ4n) is 1.77. The molecule has 0 atom stereocenters. The number of halogens is 1. The van der Waals surface area contributed by atoms with Crippen molar-refractivity contribution in [1.29, 1.82) is 0 Å². The van der Waals surface area contributed by atoms with Crippen molar-refractivity contribution in [2.75, 3.05) is 18.0 Å². The molecule has 15 heavy (non-hydrogen) atoms. The molecule has 1 saturated heterocycles. The standard InChI is InChI=1S/C11H15ClN2O/c1-11(15)4-6-14(7-5-11)10-3-2-9(12)8-13-10/h2-3,8,15H,4-7H2,1H3. The first-order chi connectivity index (χ1) is 7.07. The van der Waals surface area contributed by atoms with E-state index in [0.717, 1.165) is 31.7 Å². The van der Waals surface area contributed by atoms with E-state index in [2.05, 4.69) is 9.88 Å². The second-order valence-corrected chi connectivity index (χ2v) is 4.76. The Bertz CT molecular complexity index is 327. The minimum atomic E-state index is -0.511. The second-order valence-electron chi connectivity index (χ2n) is 4.32. The average molecular weight is 227 g/mol. The third-order valence-corrected chi connectivity index (χ3v) is 3.10. The molecule has 1 N–H and O–H groups in total. The van der Waals surface area contributed by atoms with Gasteiger partial charge in [0.2, 0.25) is 0 Å². The fraction of sp³-hybridized carbons (Fsp3) is 0.545. The van der Waals surface area contributed by atoms with Crippen LogP contribution < -0.4 is 4.90 Å². The highest BCUT2D eigenvalue weighted by Crippen LogP contribution is 2.24. The summed E-state index contributed by atoms with van der Waals surface area (Å²) < 4.78 is 0. The van der Waals surface area contributed by atoms with Gasteiger partial charge in [-0.1, -0.05) is 11.6 Å². The molecule has 0 unspecified atom stereocenters. The van der Waals surface area contributed by atoms with E-state index in [9.17, 15) is 5.11 Å². The maximum atomic E-state index is 9.82. The Labute approximate surface area is 94.7 Å². The highest BCUT2D eigenvalue weighted by atomic mass is 35.5. The van der Waals surface area contributed by atoms with Crippen molar-refractivity contribution in [3.05, 3.63) is 23.4 Å². The first kappa shape index (κ1) is 10.7. The van der Waals surface area contributed by atoms with Gasteiger partial charge in [0, 0.05) is 19.3 Å². The van der Waals surface area contributed by atoms with Gasteiger partial charge in [0.15, 0.2) is 0 Å². The third kappa shape index (κ3) is 2.61. The molecule has 0 bridgehead atoms. The van der Waals surface area contributed by atoms with E-state index in [4.69, 9.17) is 11.6 Å². The van der Waals surface area contributed by atoms with Crippen LogP contribution in [0.15, 0.2) is 18.3 Å². The van der Waals surface area contributed by atoms with Crippen LogP contribution in [-0.4, -0.2) is 28.8 Å². The Morgan fingerprint density at radius 1 is 1.40 bits per heavy atom. The molecule has 1 fully saturated rings. The lowest BCUT2D eigenvalue weighted by molar-refractivity contribution is 0.0350. The van der Waals surface area contributed by atoms with Gasteiger partial charge in [-0.3, -0.25) is 0 Å². The van der Waals surface area contributed by atoms with Crippen molar-refractivity contribution in [1.82, 2.24) is 4.98 Å². The van der Waals surface area contributed by atoms with Crippen LogP contribution in [0.3, 0.4) is 0 Å². The molecule has 1 aliphatic rings. The van der Waals surface area contributed by atoms with Gasteiger partial charge >= 0.3 is 0 Å². The van der Waals surface area contributed by atoms with Gasteiger partial charge in [-0.05, 0) is 31.9 Å². The van der Waals surface area contributed by atoms with Crippen LogP contribution in [-0.2, 0) is 0 Å². The van der Waals surface area contributed by atoms with Gasteiger partial charge in [0.1, 0.15) is 5.82 Å². The minimum Gasteiger partial charge on any atom is -0.390 e. The molecule has 1 aromatic heterocycles. The molecule has 1 aromatic rings. The van der Waals surface area contributed by atoms with Crippen LogP contribution in [0.5, 0.6) is 0 Å². The Morgan fingerprint density at radius 2 is 2.07 bits per heavy atom. The van der Waals surface area contributed by atoms with E-state index in [1.807, 2.05) is 19.1 Å². The highest BCUT2D eigenvalue weighted by Gasteiger charge is 2.27. The number of hydrogen-bond acceptors (Lipinski definition) is 3. The quantitative estimate of drug-likeness (QED) is 0.797. The molecule has 4 heteroatoms. The number of pyridine rings is 1. The second kappa shape index (κ2) is 3.99. The van der Waals surface area contributed by atoms with Crippen LogP contribution in [0.2, 0.25) is 5.02 Å². The Kier molecular flexibility index (Phi) is 2.85. The van der Waals surface area contributed by atoms with Crippen molar-refractivity contribution < 1.29 is 5.11 Å². The number of rotatable bonds is 1. The molecule has 0 radical (unpaired) electrons. The van der Waals surface area contributed by atoms with Crippen LogP contribution in [0.1, 0.15) is 19.8 Å². The molecule has 82 valence electrons. The van der Waals surface area contributed by atoms with E-state index in [0.29, 0.717) is 5.02 Å². The van der Waals surface area contributed by atoms with Gasteiger partial charge in [-0.25, -0.2) is 4.98 Å². The van der Waals surface area contributed by atoms with Crippen LogP contribution in [0.25, 0.3) is 0 Å². The van der Waals surface area contributed by atoms with Gasteiger partial charge in [0.25, 0.3) is 0 Å². The molecular weight excluding hydrogens is 212 g/mol. The van der Waals surface area contributed by atoms with Gasteiger partial charge < -0.3 is 10.0 Å². The van der Waals surface area contributed by atoms with E-state index in [1.54, 1.807) is 6.20 Å². The van der Waals surface area contributed by atoms with Crippen molar-refractivity contribution in [2.45, 2.75) is 25.4 Å². The molecule has 1 aliphatic heterocycles. The highest BCUT2D eigenvalue weighted by molar-refractivity contribution is 6.30. The molecule has 0 amide bonds. The number of aliphatic hydroxyl groups is 1. The Balaban J connectivity index is 2.04. The first-order valence-electron chi connectivity index (χ1n) is 5.16. The monoisotopic (exact) mass is 226 g/mol. The van der Waals surface area contributed by atoms with E-state index in [1.165, 1.54) is 0 Å². The molecule has 2 heterocycles. The zero-order valence-electron chi connectivity index (χ0n) is 8.78. The zero-order chi connectivity index (χ0) is 10.9. The average Bonchev–Trinajstić information content (AvgIpc) is 2.20. The predicted octanol–water partition coefficient (Wildman–Crippen LogP) is 2.09. The number of piperidine rings is 1. The van der Waals surface area contributed by atoms with E-state index < -0.39 is 5.60 Å². The van der Waals surface area contributed by atoms with Crippen molar-refractivity contribution in [2.24, 2.45) is 0 Å².